The zero-order chi connectivity index (χ0) is 11.8. The molecule has 0 unspecified atom stereocenters. The van der Waals surface area contributed by atoms with Gasteiger partial charge in [0, 0.05) is 12.6 Å². The second-order valence-electron chi connectivity index (χ2n) is 2.97. The predicted molar refractivity (Wildman–Crippen MR) is 57.4 cm³/mol. The fraction of sp³-hybridized carbons (Fsp3) is 0.273. The topological polar surface area (TPSA) is 68.5 Å². The van der Waals surface area contributed by atoms with E-state index >= 15 is 0 Å². The molecule has 1 N–H and O–H groups in total. The minimum atomic E-state index is -0.352. The van der Waals surface area contributed by atoms with Crippen molar-refractivity contribution in [3.8, 4) is 0 Å². The van der Waals surface area contributed by atoms with Crippen molar-refractivity contribution in [3.05, 3.63) is 30.2 Å². The van der Waals surface area contributed by atoms with Crippen molar-refractivity contribution < 1.29 is 18.7 Å². The number of furan rings is 1. The molecule has 1 heterocycles. The van der Waals surface area contributed by atoms with E-state index in [1.165, 1.54) is 19.4 Å². The normalized spacial score (nSPS) is 10.3. The third kappa shape index (κ3) is 4.45. The maximum absolute atomic E-state index is 11.2. The Morgan fingerprint density at radius 3 is 3.00 bits per heavy atom. The van der Waals surface area contributed by atoms with Crippen molar-refractivity contribution in [1.29, 1.82) is 0 Å². The van der Waals surface area contributed by atoms with E-state index < -0.39 is 0 Å². The zero-order valence-corrected chi connectivity index (χ0v) is 8.93. The number of esters is 1. The Bertz CT molecular complexity index is 367. The number of rotatable bonds is 5. The second-order valence-corrected chi connectivity index (χ2v) is 2.97. The zero-order valence-electron chi connectivity index (χ0n) is 8.93. The van der Waals surface area contributed by atoms with Crippen molar-refractivity contribution >= 4 is 18.0 Å². The highest BCUT2D eigenvalue weighted by atomic mass is 16.5. The van der Waals surface area contributed by atoms with E-state index in [4.69, 9.17) is 4.42 Å². The molecule has 1 amide bonds. The average molecular weight is 223 g/mol. The second kappa shape index (κ2) is 6.44. The van der Waals surface area contributed by atoms with Crippen molar-refractivity contribution in [2.45, 2.75) is 6.42 Å². The summed E-state index contributed by atoms with van der Waals surface area (Å²) in [6, 6.07) is 3.47. The summed E-state index contributed by atoms with van der Waals surface area (Å²) in [6.07, 6.45) is 4.58. The number of hydrogen-bond acceptors (Lipinski definition) is 4. The van der Waals surface area contributed by atoms with Crippen LogP contribution in [0.3, 0.4) is 0 Å². The highest BCUT2D eigenvalue weighted by molar-refractivity contribution is 5.91. The number of carbonyl (C=O) groups is 2. The summed E-state index contributed by atoms with van der Waals surface area (Å²) in [4.78, 5) is 21.9. The minimum Gasteiger partial charge on any atom is -0.469 e. The lowest BCUT2D eigenvalue weighted by atomic mass is 10.3. The van der Waals surface area contributed by atoms with Gasteiger partial charge in [0.25, 0.3) is 0 Å². The first-order valence-electron chi connectivity index (χ1n) is 4.78. The molecule has 0 aliphatic rings. The molecule has 0 radical (unpaired) electrons. The van der Waals surface area contributed by atoms with Gasteiger partial charge in [0.1, 0.15) is 5.76 Å². The molecule has 5 nitrogen and oxygen atoms in total. The van der Waals surface area contributed by atoms with Gasteiger partial charge in [0.2, 0.25) is 5.91 Å². The lowest BCUT2D eigenvalue weighted by Crippen LogP contribution is -2.24. The molecule has 0 aliphatic heterocycles. The van der Waals surface area contributed by atoms with Gasteiger partial charge in [-0.3, -0.25) is 9.59 Å². The molecule has 86 valence electrons. The molecule has 1 aromatic rings. The van der Waals surface area contributed by atoms with Crippen molar-refractivity contribution in [2.75, 3.05) is 13.7 Å². The first kappa shape index (κ1) is 12.0. The largest absolute Gasteiger partial charge is 0.469 e. The molecule has 0 saturated heterocycles. The lowest BCUT2D eigenvalue weighted by Gasteiger charge is -2.00. The average Bonchev–Trinajstić information content (AvgIpc) is 2.79. The molecule has 0 fully saturated rings. The van der Waals surface area contributed by atoms with Gasteiger partial charge < -0.3 is 14.5 Å². The van der Waals surface area contributed by atoms with Crippen LogP contribution in [0.25, 0.3) is 6.08 Å². The minimum absolute atomic E-state index is 0.164. The van der Waals surface area contributed by atoms with Crippen LogP contribution in [0.4, 0.5) is 0 Å². The van der Waals surface area contributed by atoms with Crippen molar-refractivity contribution in [3.63, 3.8) is 0 Å². The van der Waals surface area contributed by atoms with Crippen LogP contribution in [-0.2, 0) is 14.3 Å². The third-order valence-electron chi connectivity index (χ3n) is 1.80. The van der Waals surface area contributed by atoms with Gasteiger partial charge >= 0.3 is 5.97 Å². The van der Waals surface area contributed by atoms with E-state index in [9.17, 15) is 9.59 Å². The summed E-state index contributed by atoms with van der Waals surface area (Å²) in [6.45, 7) is 0.258. The Hall–Kier alpha value is -2.04. The summed E-state index contributed by atoms with van der Waals surface area (Å²) in [5.41, 5.74) is 0. The summed E-state index contributed by atoms with van der Waals surface area (Å²) in [5, 5.41) is 2.54. The highest BCUT2D eigenvalue weighted by Gasteiger charge is 2.00. The van der Waals surface area contributed by atoms with E-state index in [-0.39, 0.29) is 24.8 Å². The fourth-order valence-corrected chi connectivity index (χ4v) is 0.993. The van der Waals surface area contributed by atoms with Gasteiger partial charge in [0.05, 0.1) is 19.8 Å². The van der Waals surface area contributed by atoms with Crippen LogP contribution in [-0.4, -0.2) is 25.5 Å². The van der Waals surface area contributed by atoms with Crippen LogP contribution in [0, 0.1) is 0 Å². The van der Waals surface area contributed by atoms with Crippen molar-refractivity contribution in [1.82, 2.24) is 5.32 Å². The van der Waals surface area contributed by atoms with Gasteiger partial charge in [-0.25, -0.2) is 0 Å². The van der Waals surface area contributed by atoms with Crippen LogP contribution in [0.15, 0.2) is 28.9 Å². The highest BCUT2D eigenvalue weighted by Crippen LogP contribution is 2.01. The maximum atomic E-state index is 11.2. The Labute approximate surface area is 93.1 Å². The van der Waals surface area contributed by atoms with Gasteiger partial charge in [-0.2, -0.15) is 0 Å². The molecule has 0 bridgehead atoms. The van der Waals surface area contributed by atoms with E-state index in [0.717, 1.165) is 0 Å². The van der Waals surface area contributed by atoms with Gasteiger partial charge in [-0.15, -0.1) is 0 Å². The summed E-state index contributed by atoms with van der Waals surface area (Å²) >= 11 is 0. The molecule has 0 spiro atoms. The molecule has 16 heavy (non-hydrogen) atoms. The summed E-state index contributed by atoms with van der Waals surface area (Å²) in [5.74, 6) is -0.0289. The first-order chi connectivity index (χ1) is 7.72. The Kier molecular flexibility index (Phi) is 4.85. The molecule has 0 atom stereocenters. The van der Waals surface area contributed by atoms with E-state index in [2.05, 4.69) is 10.1 Å². The lowest BCUT2D eigenvalue weighted by molar-refractivity contribution is -0.140. The molecule has 1 rings (SSSR count). The van der Waals surface area contributed by atoms with Crippen LogP contribution in [0.1, 0.15) is 12.2 Å². The monoisotopic (exact) mass is 223 g/mol. The van der Waals surface area contributed by atoms with Gasteiger partial charge in [0.15, 0.2) is 0 Å². The maximum Gasteiger partial charge on any atom is 0.307 e. The molecular weight excluding hydrogens is 210 g/mol. The number of nitrogens with one attached hydrogen (secondary N) is 1. The first-order valence-corrected chi connectivity index (χ1v) is 4.78. The van der Waals surface area contributed by atoms with Crippen molar-refractivity contribution in [2.24, 2.45) is 0 Å². The summed E-state index contributed by atoms with van der Waals surface area (Å²) < 4.78 is 9.43. The number of ether oxygens (including phenoxy) is 1. The molecule has 0 saturated carbocycles. The summed E-state index contributed by atoms with van der Waals surface area (Å²) in [7, 11) is 1.31. The molecule has 0 aromatic carbocycles. The fourth-order valence-electron chi connectivity index (χ4n) is 0.993. The van der Waals surface area contributed by atoms with E-state index in [0.29, 0.717) is 5.76 Å². The van der Waals surface area contributed by atoms with E-state index in [1.54, 1.807) is 18.2 Å². The molecule has 5 heteroatoms. The quantitative estimate of drug-likeness (QED) is 0.596. The van der Waals surface area contributed by atoms with Crippen LogP contribution in [0.5, 0.6) is 0 Å². The molecule has 0 aliphatic carbocycles. The standard InChI is InChI=1S/C11H13NO4/c1-15-11(14)6-7-12-10(13)5-4-9-3-2-8-16-9/h2-5,8H,6-7H2,1H3,(H,12,13)/b5-4+. The smallest absolute Gasteiger partial charge is 0.307 e. The van der Waals surface area contributed by atoms with E-state index in [1.807, 2.05) is 0 Å². The SMILES string of the molecule is COC(=O)CCNC(=O)/C=C/c1ccco1. The Morgan fingerprint density at radius 1 is 1.56 bits per heavy atom. The van der Waals surface area contributed by atoms with Crippen LogP contribution in [0.2, 0.25) is 0 Å². The molecular formula is C11H13NO4. The van der Waals surface area contributed by atoms with Gasteiger partial charge in [-0.05, 0) is 18.2 Å². The number of carbonyl (C=O) groups excluding carboxylic acids is 2. The van der Waals surface area contributed by atoms with Gasteiger partial charge in [-0.1, -0.05) is 0 Å². The van der Waals surface area contributed by atoms with Crippen LogP contribution >= 0.6 is 0 Å². The number of hydrogen-bond donors (Lipinski definition) is 1. The third-order valence-corrected chi connectivity index (χ3v) is 1.80. The Morgan fingerprint density at radius 2 is 2.38 bits per heavy atom. The Balaban J connectivity index is 2.23. The van der Waals surface area contributed by atoms with Crippen LogP contribution < -0.4 is 5.32 Å². The number of methoxy groups -OCH3 is 1. The predicted octanol–water partition coefficient (Wildman–Crippen LogP) is 0.972. The molecule has 1 aromatic heterocycles. The number of amides is 1.